The van der Waals surface area contributed by atoms with Crippen molar-refractivity contribution in [2.24, 2.45) is 0 Å². The molecule has 104 valence electrons. The lowest BCUT2D eigenvalue weighted by Gasteiger charge is -2.33. The van der Waals surface area contributed by atoms with Crippen LogP contribution < -0.4 is 5.32 Å². The first-order valence-corrected chi connectivity index (χ1v) is 6.47. The Morgan fingerprint density at radius 1 is 1.61 bits per heavy atom. The molecule has 0 aromatic rings. The Balaban J connectivity index is 2.50. The van der Waals surface area contributed by atoms with E-state index in [-0.39, 0.29) is 24.8 Å². The van der Waals surface area contributed by atoms with Gasteiger partial charge in [-0.05, 0) is 6.42 Å². The molecule has 1 heterocycles. The monoisotopic (exact) mass is 257 g/mol. The van der Waals surface area contributed by atoms with Crippen LogP contribution in [0.3, 0.4) is 0 Å². The number of carbonyl (C=O) groups excluding carboxylic acids is 2. The first kappa shape index (κ1) is 14.9. The summed E-state index contributed by atoms with van der Waals surface area (Å²) in [5, 5.41) is 11.9. The lowest BCUT2D eigenvalue weighted by Crippen LogP contribution is -2.56. The van der Waals surface area contributed by atoms with Crippen molar-refractivity contribution in [3.63, 3.8) is 0 Å². The van der Waals surface area contributed by atoms with Crippen LogP contribution in [0.1, 0.15) is 19.8 Å². The minimum atomic E-state index is -0.418. The van der Waals surface area contributed by atoms with Crippen LogP contribution in [0, 0.1) is 0 Å². The summed E-state index contributed by atoms with van der Waals surface area (Å²) in [6, 6.07) is -0.418. The Morgan fingerprint density at radius 3 is 2.94 bits per heavy atom. The number of carbonyl (C=O) groups is 2. The standard InChI is InChI=1S/C12H23N3O3/c1-3-5-15-6-4-13-10(12(15)18)9-11(17)14(2)7-8-16/h10,13,16H,3-9H2,1-2H3. The molecule has 6 nitrogen and oxygen atoms in total. The molecule has 1 saturated heterocycles. The molecule has 1 fully saturated rings. The van der Waals surface area contributed by atoms with Gasteiger partial charge in [0.15, 0.2) is 0 Å². The number of nitrogens with zero attached hydrogens (tertiary/aromatic N) is 2. The molecule has 0 aromatic carbocycles. The zero-order chi connectivity index (χ0) is 13.5. The van der Waals surface area contributed by atoms with Gasteiger partial charge < -0.3 is 20.2 Å². The largest absolute Gasteiger partial charge is 0.395 e. The zero-order valence-electron chi connectivity index (χ0n) is 11.2. The summed E-state index contributed by atoms with van der Waals surface area (Å²) in [5.74, 6) is -0.109. The van der Waals surface area contributed by atoms with Crippen molar-refractivity contribution < 1.29 is 14.7 Å². The second-order valence-electron chi connectivity index (χ2n) is 4.58. The molecule has 1 rings (SSSR count). The van der Waals surface area contributed by atoms with E-state index >= 15 is 0 Å². The Labute approximate surface area is 108 Å². The highest BCUT2D eigenvalue weighted by atomic mass is 16.3. The van der Waals surface area contributed by atoms with Gasteiger partial charge in [-0.15, -0.1) is 0 Å². The van der Waals surface area contributed by atoms with Gasteiger partial charge in [-0.3, -0.25) is 9.59 Å². The summed E-state index contributed by atoms with van der Waals surface area (Å²) in [6.07, 6.45) is 1.09. The van der Waals surface area contributed by atoms with Crippen LogP contribution in [0.15, 0.2) is 0 Å². The third-order valence-corrected chi connectivity index (χ3v) is 3.12. The van der Waals surface area contributed by atoms with E-state index in [9.17, 15) is 9.59 Å². The average molecular weight is 257 g/mol. The van der Waals surface area contributed by atoms with E-state index in [4.69, 9.17) is 5.11 Å². The van der Waals surface area contributed by atoms with Crippen molar-refractivity contribution >= 4 is 11.8 Å². The summed E-state index contributed by atoms with van der Waals surface area (Å²) in [7, 11) is 1.63. The lowest BCUT2D eigenvalue weighted by atomic mass is 10.1. The highest BCUT2D eigenvalue weighted by Crippen LogP contribution is 2.07. The van der Waals surface area contributed by atoms with Crippen LogP contribution in [0.2, 0.25) is 0 Å². The molecule has 0 aromatic heterocycles. The van der Waals surface area contributed by atoms with Gasteiger partial charge in [0, 0.05) is 33.2 Å². The quantitative estimate of drug-likeness (QED) is 0.643. The number of nitrogens with one attached hydrogen (secondary N) is 1. The number of amides is 2. The van der Waals surface area contributed by atoms with E-state index < -0.39 is 6.04 Å². The number of likely N-dealkylation sites (N-methyl/N-ethyl adjacent to an activating group) is 1. The third kappa shape index (κ3) is 3.96. The highest BCUT2D eigenvalue weighted by Gasteiger charge is 2.30. The SMILES string of the molecule is CCCN1CCNC(CC(=O)N(C)CCO)C1=O. The fourth-order valence-electron chi connectivity index (χ4n) is 2.05. The number of piperazine rings is 1. The maximum absolute atomic E-state index is 12.1. The number of hydrogen-bond donors (Lipinski definition) is 2. The minimum absolute atomic E-state index is 0.00819. The molecule has 1 aliphatic heterocycles. The van der Waals surface area contributed by atoms with Crippen molar-refractivity contribution in [2.45, 2.75) is 25.8 Å². The smallest absolute Gasteiger partial charge is 0.240 e. The fraction of sp³-hybridized carbons (Fsp3) is 0.833. The van der Waals surface area contributed by atoms with Crippen LogP contribution in [0.25, 0.3) is 0 Å². The fourth-order valence-corrected chi connectivity index (χ4v) is 2.05. The van der Waals surface area contributed by atoms with Gasteiger partial charge in [0.25, 0.3) is 0 Å². The second kappa shape index (κ2) is 7.33. The first-order valence-electron chi connectivity index (χ1n) is 6.47. The van der Waals surface area contributed by atoms with Gasteiger partial charge in [0.2, 0.25) is 11.8 Å². The highest BCUT2D eigenvalue weighted by molar-refractivity contribution is 5.88. The lowest BCUT2D eigenvalue weighted by molar-refractivity contribution is -0.140. The molecule has 0 saturated carbocycles. The van der Waals surface area contributed by atoms with Crippen LogP contribution in [-0.2, 0) is 9.59 Å². The molecule has 0 aliphatic carbocycles. The summed E-state index contributed by atoms with van der Waals surface area (Å²) >= 11 is 0. The zero-order valence-corrected chi connectivity index (χ0v) is 11.2. The molecule has 0 radical (unpaired) electrons. The van der Waals surface area contributed by atoms with Gasteiger partial charge in [-0.1, -0.05) is 6.92 Å². The summed E-state index contributed by atoms with van der Waals surface area (Å²) in [5.41, 5.74) is 0. The topological polar surface area (TPSA) is 72.9 Å². The third-order valence-electron chi connectivity index (χ3n) is 3.12. The summed E-state index contributed by atoms with van der Waals surface area (Å²) in [6.45, 7) is 4.47. The van der Waals surface area contributed by atoms with E-state index in [2.05, 4.69) is 5.32 Å². The Hall–Kier alpha value is -1.14. The predicted octanol–water partition coefficient (Wildman–Crippen LogP) is -0.962. The molecule has 2 N–H and O–H groups in total. The van der Waals surface area contributed by atoms with Gasteiger partial charge in [0.1, 0.15) is 0 Å². The van der Waals surface area contributed by atoms with Gasteiger partial charge in [0.05, 0.1) is 19.1 Å². The molecule has 1 aliphatic rings. The Morgan fingerprint density at radius 2 is 2.33 bits per heavy atom. The van der Waals surface area contributed by atoms with Crippen molar-refractivity contribution in [3.8, 4) is 0 Å². The Kier molecular flexibility index (Phi) is 6.07. The van der Waals surface area contributed by atoms with Crippen LogP contribution in [-0.4, -0.2) is 72.6 Å². The van der Waals surface area contributed by atoms with Crippen molar-refractivity contribution in [3.05, 3.63) is 0 Å². The molecule has 0 spiro atoms. The molecule has 1 unspecified atom stereocenters. The molecular weight excluding hydrogens is 234 g/mol. The van der Waals surface area contributed by atoms with E-state index in [1.807, 2.05) is 6.92 Å². The van der Waals surface area contributed by atoms with E-state index in [0.29, 0.717) is 13.1 Å². The Bertz CT molecular complexity index is 294. The maximum atomic E-state index is 12.1. The van der Waals surface area contributed by atoms with E-state index in [0.717, 1.165) is 19.5 Å². The normalized spacial score (nSPS) is 20.1. The first-order chi connectivity index (χ1) is 8.60. The van der Waals surface area contributed by atoms with E-state index in [1.165, 1.54) is 4.90 Å². The summed E-state index contributed by atoms with van der Waals surface area (Å²) < 4.78 is 0. The molecule has 2 amide bonds. The summed E-state index contributed by atoms with van der Waals surface area (Å²) in [4.78, 5) is 27.1. The van der Waals surface area contributed by atoms with Gasteiger partial charge in [-0.2, -0.15) is 0 Å². The van der Waals surface area contributed by atoms with Crippen LogP contribution in [0.4, 0.5) is 0 Å². The molecular formula is C12H23N3O3. The maximum Gasteiger partial charge on any atom is 0.240 e. The minimum Gasteiger partial charge on any atom is -0.395 e. The molecule has 1 atom stereocenters. The number of aliphatic hydroxyl groups is 1. The second-order valence-corrected chi connectivity index (χ2v) is 4.58. The van der Waals surface area contributed by atoms with E-state index in [1.54, 1.807) is 11.9 Å². The van der Waals surface area contributed by atoms with Gasteiger partial charge >= 0.3 is 0 Å². The molecule has 18 heavy (non-hydrogen) atoms. The van der Waals surface area contributed by atoms with Crippen molar-refractivity contribution in [1.29, 1.82) is 0 Å². The predicted molar refractivity (Wildman–Crippen MR) is 68.0 cm³/mol. The number of aliphatic hydroxyl groups excluding tert-OH is 1. The average Bonchev–Trinajstić information content (AvgIpc) is 2.34. The van der Waals surface area contributed by atoms with Crippen LogP contribution in [0.5, 0.6) is 0 Å². The van der Waals surface area contributed by atoms with Crippen molar-refractivity contribution in [1.82, 2.24) is 15.1 Å². The van der Waals surface area contributed by atoms with Crippen LogP contribution >= 0.6 is 0 Å². The number of rotatable bonds is 6. The molecule has 0 bridgehead atoms. The molecule has 6 heteroatoms. The number of hydrogen-bond acceptors (Lipinski definition) is 4. The van der Waals surface area contributed by atoms with Crippen molar-refractivity contribution in [2.75, 3.05) is 39.8 Å². The van der Waals surface area contributed by atoms with Gasteiger partial charge in [-0.25, -0.2) is 0 Å².